The van der Waals surface area contributed by atoms with Gasteiger partial charge in [-0.25, -0.2) is 0 Å². The molecule has 0 spiro atoms. The van der Waals surface area contributed by atoms with Crippen LogP contribution < -0.4 is 0 Å². The van der Waals surface area contributed by atoms with Crippen molar-refractivity contribution in [2.24, 2.45) is 0 Å². The van der Waals surface area contributed by atoms with Crippen molar-refractivity contribution < 1.29 is 15.5 Å². The predicted molar refractivity (Wildman–Crippen MR) is 76.9 cm³/mol. The van der Waals surface area contributed by atoms with Crippen LogP contribution in [0.4, 0.5) is 0 Å². The van der Waals surface area contributed by atoms with Gasteiger partial charge in [0, 0.05) is 0 Å². The van der Waals surface area contributed by atoms with Crippen molar-refractivity contribution >= 4 is 30.6 Å². The molecule has 0 heterocycles. The van der Waals surface area contributed by atoms with E-state index in [1.807, 2.05) is 60.7 Å². The zero-order valence-electron chi connectivity index (χ0n) is 9.23. The summed E-state index contributed by atoms with van der Waals surface area (Å²) >= 11 is -2.61. The topological polar surface area (TPSA) is 63.6 Å². The van der Waals surface area contributed by atoms with Gasteiger partial charge in [-0.2, -0.15) is 0 Å². The Hall–Kier alpha value is -0.960. The molecule has 0 bridgehead atoms. The molecule has 1 N–H and O–H groups in total. The van der Waals surface area contributed by atoms with E-state index in [0.717, 1.165) is 7.14 Å². The zero-order valence-corrected chi connectivity index (χ0v) is 12.2. The molecular weight excluding hydrogens is 367 g/mol. The van der Waals surface area contributed by atoms with E-state index in [-0.39, 0.29) is 0 Å². The first-order valence-electron chi connectivity index (χ1n) is 5.04. The molecule has 2 aromatic carbocycles. The van der Waals surface area contributed by atoms with Gasteiger partial charge in [0.05, 0.1) is 0 Å². The fourth-order valence-corrected chi connectivity index (χ4v) is 7.11. The van der Waals surface area contributed by atoms with E-state index in [1.54, 1.807) is 0 Å². The Labute approximate surface area is 114 Å². The molecular formula is C12H11IO4S. The maximum absolute atomic E-state index is 11.0. The van der Waals surface area contributed by atoms with Crippen molar-refractivity contribution in [2.75, 3.05) is 0 Å². The number of rotatable bonds is 4. The SMILES string of the molecule is O=S(=O)(O)OI(c1ccccc1)c1ccccc1. The summed E-state index contributed by atoms with van der Waals surface area (Å²) in [5.74, 6) is 0. The van der Waals surface area contributed by atoms with E-state index < -0.39 is 30.6 Å². The molecule has 0 amide bonds. The molecule has 18 heavy (non-hydrogen) atoms. The first kappa shape index (κ1) is 13.5. The van der Waals surface area contributed by atoms with Gasteiger partial charge in [0.1, 0.15) is 0 Å². The van der Waals surface area contributed by atoms with Crippen LogP contribution in [0.1, 0.15) is 0 Å². The average Bonchev–Trinajstić information content (AvgIpc) is 2.37. The van der Waals surface area contributed by atoms with E-state index in [0.29, 0.717) is 0 Å². The summed E-state index contributed by atoms with van der Waals surface area (Å²) in [5.41, 5.74) is 0. The molecule has 0 unspecified atom stereocenters. The van der Waals surface area contributed by atoms with E-state index in [4.69, 9.17) is 7.07 Å². The zero-order chi connectivity index (χ0) is 13.0. The monoisotopic (exact) mass is 378 g/mol. The molecule has 0 fully saturated rings. The third-order valence-electron chi connectivity index (χ3n) is 2.01. The molecule has 0 saturated heterocycles. The van der Waals surface area contributed by atoms with E-state index in [1.165, 1.54) is 0 Å². The Kier molecular flexibility index (Phi) is 4.33. The van der Waals surface area contributed by atoms with Crippen LogP contribution in [-0.4, -0.2) is 13.0 Å². The van der Waals surface area contributed by atoms with Gasteiger partial charge < -0.3 is 0 Å². The van der Waals surface area contributed by atoms with Crippen LogP contribution in [-0.2, 0) is 12.9 Å². The second-order valence-electron chi connectivity index (χ2n) is 3.33. The van der Waals surface area contributed by atoms with Gasteiger partial charge in [0.2, 0.25) is 0 Å². The Morgan fingerprint density at radius 1 is 0.833 bits per heavy atom. The number of hydrogen-bond acceptors (Lipinski definition) is 3. The third kappa shape index (κ3) is 3.77. The quantitative estimate of drug-likeness (QED) is 0.657. The first-order chi connectivity index (χ1) is 8.56. The van der Waals surface area contributed by atoms with Crippen molar-refractivity contribution in [1.29, 1.82) is 0 Å². The summed E-state index contributed by atoms with van der Waals surface area (Å²) < 4.78 is 37.3. The Morgan fingerprint density at radius 2 is 1.22 bits per heavy atom. The number of hydrogen-bond donors (Lipinski definition) is 1. The van der Waals surface area contributed by atoms with Crippen LogP contribution >= 0.6 is 20.2 Å². The summed E-state index contributed by atoms with van der Waals surface area (Å²) in [6, 6.07) is 18.2. The summed E-state index contributed by atoms with van der Waals surface area (Å²) in [6.45, 7) is 0. The molecule has 6 heteroatoms. The van der Waals surface area contributed by atoms with Crippen molar-refractivity contribution in [3.63, 3.8) is 0 Å². The molecule has 2 aromatic rings. The van der Waals surface area contributed by atoms with Gasteiger partial charge in [-0.15, -0.1) is 0 Å². The molecule has 4 nitrogen and oxygen atoms in total. The Balaban J connectivity index is 2.42. The fraction of sp³-hybridized carbons (Fsp3) is 0. The molecule has 0 aliphatic rings. The molecule has 0 aliphatic heterocycles. The summed E-state index contributed by atoms with van der Waals surface area (Å²) in [5, 5.41) is 0. The fourth-order valence-electron chi connectivity index (χ4n) is 1.34. The van der Waals surface area contributed by atoms with Crippen LogP contribution in [0.2, 0.25) is 0 Å². The molecule has 96 valence electrons. The molecule has 0 aromatic heterocycles. The van der Waals surface area contributed by atoms with Gasteiger partial charge in [-0.05, 0) is 0 Å². The van der Waals surface area contributed by atoms with Gasteiger partial charge >= 0.3 is 114 Å². The molecule has 0 radical (unpaired) electrons. The number of benzene rings is 2. The van der Waals surface area contributed by atoms with Crippen LogP contribution in [0.25, 0.3) is 0 Å². The minimum atomic E-state index is -4.45. The maximum atomic E-state index is 11.0. The van der Waals surface area contributed by atoms with Gasteiger partial charge in [0.15, 0.2) is 0 Å². The molecule has 0 aliphatic carbocycles. The first-order valence-corrected chi connectivity index (χ1v) is 9.44. The Morgan fingerprint density at radius 3 is 1.56 bits per heavy atom. The van der Waals surface area contributed by atoms with Crippen LogP contribution in [0.15, 0.2) is 60.7 Å². The van der Waals surface area contributed by atoms with Crippen molar-refractivity contribution in [1.82, 2.24) is 0 Å². The predicted octanol–water partition coefficient (Wildman–Crippen LogP) is 2.97. The minimum absolute atomic E-state index is 0.811. The van der Waals surface area contributed by atoms with Gasteiger partial charge in [-0.3, -0.25) is 0 Å². The van der Waals surface area contributed by atoms with Crippen molar-refractivity contribution in [3.8, 4) is 0 Å². The summed E-state index contributed by atoms with van der Waals surface area (Å²) in [7, 11) is -4.45. The normalized spacial score (nSPS) is 12.2. The Bertz CT molecular complexity index is 559. The van der Waals surface area contributed by atoms with Crippen LogP contribution in [0.3, 0.4) is 0 Å². The van der Waals surface area contributed by atoms with E-state index >= 15 is 0 Å². The van der Waals surface area contributed by atoms with E-state index in [2.05, 4.69) is 0 Å². The second kappa shape index (κ2) is 5.79. The average molecular weight is 378 g/mol. The number of halogens is 1. The van der Waals surface area contributed by atoms with Crippen LogP contribution in [0.5, 0.6) is 0 Å². The summed E-state index contributed by atoms with van der Waals surface area (Å²) in [6.07, 6.45) is 0. The van der Waals surface area contributed by atoms with E-state index in [9.17, 15) is 8.42 Å². The van der Waals surface area contributed by atoms with Crippen LogP contribution in [0, 0.1) is 7.14 Å². The standard InChI is InChI=1S/C12H11IO4S/c14-18(15,16)17-13(11-7-3-1-4-8-11)12-9-5-2-6-10-12/h1-10H,(H,14,15,16). The van der Waals surface area contributed by atoms with Gasteiger partial charge in [-0.1, -0.05) is 0 Å². The second-order valence-corrected chi connectivity index (χ2v) is 9.30. The molecule has 0 saturated carbocycles. The van der Waals surface area contributed by atoms with Crippen molar-refractivity contribution in [2.45, 2.75) is 0 Å². The molecule has 0 atom stereocenters. The van der Waals surface area contributed by atoms with Crippen molar-refractivity contribution in [3.05, 3.63) is 67.8 Å². The third-order valence-corrected chi connectivity index (χ3v) is 8.43. The summed E-state index contributed by atoms with van der Waals surface area (Å²) in [4.78, 5) is 0. The molecule has 2 rings (SSSR count). The van der Waals surface area contributed by atoms with Gasteiger partial charge in [0.25, 0.3) is 0 Å².